The fourth-order valence-electron chi connectivity index (χ4n) is 1.88. The molecule has 126 valence electrons. The van der Waals surface area contributed by atoms with E-state index in [0.29, 0.717) is 26.9 Å². The Morgan fingerprint density at radius 2 is 1.88 bits per heavy atom. The molecule has 2 rings (SSSR count). The van der Waals surface area contributed by atoms with Crippen LogP contribution in [0.1, 0.15) is 11.1 Å². The van der Waals surface area contributed by atoms with Crippen molar-refractivity contribution < 1.29 is 18.7 Å². The molecule has 0 aliphatic carbocycles. The highest BCUT2D eigenvalue weighted by atomic mass is 35.5. The topological polar surface area (TPSA) is 55.4 Å². The molecule has 0 heterocycles. The van der Waals surface area contributed by atoms with Gasteiger partial charge in [0.15, 0.2) is 6.61 Å². The van der Waals surface area contributed by atoms with Crippen molar-refractivity contribution in [2.24, 2.45) is 0 Å². The van der Waals surface area contributed by atoms with Crippen molar-refractivity contribution >= 4 is 40.8 Å². The van der Waals surface area contributed by atoms with Crippen LogP contribution < -0.4 is 5.32 Å². The molecule has 1 N–H and O–H groups in total. The van der Waals surface area contributed by atoms with Crippen LogP contribution in [0.2, 0.25) is 10.0 Å². The molecule has 0 fully saturated rings. The average Bonchev–Trinajstić information content (AvgIpc) is 2.53. The Hall–Kier alpha value is -2.11. The number of rotatable bonds is 5. The Kier molecular flexibility index (Phi) is 6.17. The number of esters is 1. The van der Waals surface area contributed by atoms with Crippen LogP contribution in [0.5, 0.6) is 0 Å². The lowest BCUT2D eigenvalue weighted by Gasteiger charge is -2.08. The van der Waals surface area contributed by atoms with Gasteiger partial charge in [-0.3, -0.25) is 9.59 Å². The molecule has 2 aromatic rings. The third-order valence-corrected chi connectivity index (χ3v) is 3.89. The summed E-state index contributed by atoms with van der Waals surface area (Å²) in [5.74, 6) is -1.57. The third-order valence-electron chi connectivity index (χ3n) is 3.15. The van der Waals surface area contributed by atoms with Crippen molar-refractivity contribution in [1.29, 1.82) is 0 Å². The molecule has 0 aromatic heterocycles. The first-order chi connectivity index (χ1) is 11.3. The molecule has 2 aromatic carbocycles. The number of carbonyl (C=O) groups excluding carboxylic acids is 2. The molecule has 0 spiro atoms. The highest BCUT2D eigenvalue weighted by Gasteiger charge is 2.10. The number of halogens is 3. The molecule has 7 heteroatoms. The summed E-state index contributed by atoms with van der Waals surface area (Å²) < 4.78 is 18.3. The lowest BCUT2D eigenvalue weighted by Crippen LogP contribution is -2.21. The maximum absolute atomic E-state index is 13.4. The van der Waals surface area contributed by atoms with Gasteiger partial charge in [-0.1, -0.05) is 35.3 Å². The largest absolute Gasteiger partial charge is 0.455 e. The van der Waals surface area contributed by atoms with Crippen molar-refractivity contribution in [3.8, 4) is 0 Å². The molecule has 0 saturated heterocycles. The zero-order valence-electron chi connectivity index (χ0n) is 12.7. The minimum Gasteiger partial charge on any atom is -0.455 e. The summed E-state index contributed by atoms with van der Waals surface area (Å²) >= 11 is 11.7. The number of aryl methyl sites for hydroxylation is 1. The summed E-state index contributed by atoms with van der Waals surface area (Å²) in [7, 11) is 0. The van der Waals surface area contributed by atoms with Crippen LogP contribution in [-0.4, -0.2) is 18.5 Å². The van der Waals surface area contributed by atoms with Crippen LogP contribution in [0.25, 0.3) is 0 Å². The number of nitrogens with one attached hydrogen (secondary N) is 1. The summed E-state index contributed by atoms with van der Waals surface area (Å²) in [6.45, 7) is 1.15. The summed E-state index contributed by atoms with van der Waals surface area (Å²) in [4.78, 5) is 23.4. The minimum atomic E-state index is -0.585. The Bertz CT molecular complexity index is 715. The van der Waals surface area contributed by atoms with Crippen molar-refractivity contribution in [2.45, 2.75) is 13.3 Å². The Balaban J connectivity index is 1.83. The quantitative estimate of drug-likeness (QED) is 0.804. The van der Waals surface area contributed by atoms with Crippen molar-refractivity contribution in [3.05, 3.63) is 63.4 Å². The molecular formula is C17H14Cl2FNO3. The van der Waals surface area contributed by atoms with Gasteiger partial charge in [0.05, 0.1) is 16.5 Å². The number of carbonyl (C=O) groups is 2. The van der Waals surface area contributed by atoms with Gasteiger partial charge < -0.3 is 10.1 Å². The number of anilines is 1. The normalized spacial score (nSPS) is 10.3. The van der Waals surface area contributed by atoms with E-state index in [-0.39, 0.29) is 6.42 Å². The van der Waals surface area contributed by atoms with Crippen molar-refractivity contribution in [2.75, 3.05) is 11.9 Å². The zero-order chi connectivity index (χ0) is 17.7. The minimum absolute atomic E-state index is 0.0384. The first kappa shape index (κ1) is 18.2. The third kappa shape index (κ3) is 5.22. The van der Waals surface area contributed by atoms with E-state index in [1.165, 1.54) is 6.07 Å². The number of hydrogen-bond acceptors (Lipinski definition) is 3. The van der Waals surface area contributed by atoms with Gasteiger partial charge in [-0.2, -0.15) is 0 Å². The molecule has 0 unspecified atom stereocenters. The molecule has 0 atom stereocenters. The summed E-state index contributed by atoms with van der Waals surface area (Å²) in [6, 6.07) is 9.08. The summed E-state index contributed by atoms with van der Waals surface area (Å²) in [5.41, 5.74) is 1.39. The summed E-state index contributed by atoms with van der Waals surface area (Å²) in [6.07, 6.45) is -0.0384. The number of benzene rings is 2. The van der Waals surface area contributed by atoms with Crippen LogP contribution in [-0.2, 0) is 20.7 Å². The monoisotopic (exact) mass is 369 g/mol. The fraction of sp³-hybridized carbons (Fsp3) is 0.176. The lowest BCUT2D eigenvalue weighted by atomic mass is 10.1. The predicted molar refractivity (Wildman–Crippen MR) is 90.9 cm³/mol. The van der Waals surface area contributed by atoms with E-state index < -0.39 is 24.3 Å². The molecule has 0 bridgehead atoms. The van der Waals surface area contributed by atoms with Crippen molar-refractivity contribution in [1.82, 2.24) is 0 Å². The van der Waals surface area contributed by atoms with E-state index in [1.54, 1.807) is 37.3 Å². The molecule has 0 aliphatic rings. The fourth-order valence-corrected chi connectivity index (χ4v) is 2.20. The SMILES string of the molecule is Cc1ccc(NC(=O)COC(=O)Cc2ccc(Cl)c(Cl)c2)cc1F. The summed E-state index contributed by atoms with van der Waals surface area (Å²) in [5, 5.41) is 3.17. The van der Waals surface area contributed by atoms with Gasteiger partial charge in [-0.25, -0.2) is 4.39 Å². The van der Waals surface area contributed by atoms with Crippen molar-refractivity contribution in [3.63, 3.8) is 0 Å². The zero-order valence-corrected chi connectivity index (χ0v) is 14.2. The highest BCUT2D eigenvalue weighted by Crippen LogP contribution is 2.22. The first-order valence-electron chi connectivity index (χ1n) is 7.00. The second kappa shape index (κ2) is 8.13. The molecule has 0 radical (unpaired) electrons. The van der Waals surface area contributed by atoms with Gasteiger partial charge in [0.25, 0.3) is 5.91 Å². The second-order valence-electron chi connectivity index (χ2n) is 5.10. The standard InChI is InChI=1S/C17H14Cl2FNO3/c1-10-2-4-12(8-15(10)20)21-16(22)9-24-17(23)7-11-3-5-13(18)14(19)6-11/h2-6,8H,7,9H2,1H3,(H,21,22). The number of ether oxygens (including phenoxy) is 1. The number of amides is 1. The maximum Gasteiger partial charge on any atom is 0.310 e. The number of hydrogen-bond donors (Lipinski definition) is 1. The van der Waals surface area contributed by atoms with Gasteiger partial charge in [-0.15, -0.1) is 0 Å². The smallest absolute Gasteiger partial charge is 0.310 e. The molecule has 0 saturated carbocycles. The van der Waals surface area contributed by atoms with E-state index >= 15 is 0 Å². The van der Waals surface area contributed by atoms with Crippen LogP contribution in [0.4, 0.5) is 10.1 Å². The van der Waals surface area contributed by atoms with Crippen LogP contribution in [0.3, 0.4) is 0 Å². The van der Waals surface area contributed by atoms with E-state index in [1.807, 2.05) is 0 Å². The van der Waals surface area contributed by atoms with E-state index in [2.05, 4.69) is 5.32 Å². The van der Waals surface area contributed by atoms with Crippen LogP contribution >= 0.6 is 23.2 Å². The van der Waals surface area contributed by atoms with Gasteiger partial charge in [-0.05, 0) is 42.3 Å². The van der Waals surface area contributed by atoms with Gasteiger partial charge in [0, 0.05) is 5.69 Å². The first-order valence-corrected chi connectivity index (χ1v) is 7.76. The van der Waals surface area contributed by atoms with E-state index in [0.717, 1.165) is 0 Å². The average molecular weight is 370 g/mol. The Labute approximate surface area is 148 Å². The molecular weight excluding hydrogens is 356 g/mol. The highest BCUT2D eigenvalue weighted by molar-refractivity contribution is 6.42. The van der Waals surface area contributed by atoms with E-state index in [4.69, 9.17) is 27.9 Å². The molecule has 4 nitrogen and oxygen atoms in total. The Morgan fingerprint density at radius 3 is 2.54 bits per heavy atom. The van der Waals surface area contributed by atoms with Crippen LogP contribution in [0, 0.1) is 12.7 Å². The van der Waals surface area contributed by atoms with Gasteiger partial charge in [0.2, 0.25) is 0 Å². The molecule has 1 amide bonds. The molecule has 24 heavy (non-hydrogen) atoms. The van der Waals surface area contributed by atoms with Gasteiger partial charge in [0.1, 0.15) is 5.82 Å². The lowest BCUT2D eigenvalue weighted by molar-refractivity contribution is -0.146. The predicted octanol–water partition coefficient (Wildman–Crippen LogP) is 4.17. The second-order valence-corrected chi connectivity index (χ2v) is 5.91. The van der Waals surface area contributed by atoms with Crippen LogP contribution in [0.15, 0.2) is 36.4 Å². The van der Waals surface area contributed by atoms with E-state index in [9.17, 15) is 14.0 Å². The Morgan fingerprint density at radius 1 is 1.12 bits per heavy atom. The molecule has 0 aliphatic heterocycles. The van der Waals surface area contributed by atoms with Gasteiger partial charge >= 0.3 is 5.97 Å². The maximum atomic E-state index is 13.4.